The molecule has 0 atom stereocenters. The zero-order chi connectivity index (χ0) is 8.39. The van der Waals surface area contributed by atoms with Gasteiger partial charge in [-0.3, -0.25) is 0 Å². The number of hydrogen-bond donors (Lipinski definition) is 1. The Morgan fingerprint density at radius 1 is 1.15 bits per heavy atom. The van der Waals surface area contributed by atoms with Gasteiger partial charge in [0.1, 0.15) is 5.75 Å². The van der Waals surface area contributed by atoms with Crippen molar-refractivity contribution in [1.82, 2.24) is 0 Å². The molecule has 0 aliphatic heterocycles. The minimum atomic E-state index is 0. The SMILES string of the molecule is Oc1ccccc1-c1ccsc1.[H-].[Na+]. The Bertz CT molecular complexity index is 375. The quantitative estimate of drug-likeness (QED) is 0.654. The topological polar surface area (TPSA) is 20.2 Å². The van der Waals surface area contributed by atoms with Crippen LogP contribution in [-0.4, -0.2) is 5.11 Å². The monoisotopic (exact) mass is 200 g/mol. The summed E-state index contributed by atoms with van der Waals surface area (Å²) in [5, 5.41) is 13.5. The summed E-state index contributed by atoms with van der Waals surface area (Å²) in [6.45, 7) is 0. The summed E-state index contributed by atoms with van der Waals surface area (Å²) in [5.41, 5.74) is 1.98. The van der Waals surface area contributed by atoms with Gasteiger partial charge >= 0.3 is 29.6 Å². The Balaban J connectivity index is 0.000000845. The first-order valence-corrected chi connectivity index (χ1v) is 4.63. The Morgan fingerprint density at radius 2 is 1.92 bits per heavy atom. The number of phenolic OH excluding ortho intramolecular Hbond substituents is 1. The van der Waals surface area contributed by atoms with E-state index in [0.29, 0.717) is 5.75 Å². The molecule has 1 nitrogen and oxygen atoms in total. The van der Waals surface area contributed by atoms with Crippen LogP contribution in [0.3, 0.4) is 0 Å². The Labute approximate surface area is 105 Å². The average Bonchev–Trinajstić information content (AvgIpc) is 2.57. The third-order valence-corrected chi connectivity index (χ3v) is 2.42. The maximum atomic E-state index is 9.49. The molecule has 2 aromatic rings. The van der Waals surface area contributed by atoms with Crippen molar-refractivity contribution in [3.05, 3.63) is 41.1 Å². The predicted octanol–water partition coefficient (Wildman–Crippen LogP) is 0.237. The maximum absolute atomic E-state index is 9.49. The van der Waals surface area contributed by atoms with Crippen LogP contribution in [0.2, 0.25) is 0 Å². The predicted molar refractivity (Wildman–Crippen MR) is 52.5 cm³/mol. The summed E-state index contributed by atoms with van der Waals surface area (Å²) in [7, 11) is 0. The third-order valence-electron chi connectivity index (χ3n) is 1.74. The summed E-state index contributed by atoms with van der Waals surface area (Å²) >= 11 is 1.63. The summed E-state index contributed by atoms with van der Waals surface area (Å²) in [5.74, 6) is 0.343. The van der Waals surface area contributed by atoms with Crippen molar-refractivity contribution in [3.8, 4) is 16.9 Å². The van der Waals surface area contributed by atoms with Gasteiger partial charge in [0, 0.05) is 5.56 Å². The van der Waals surface area contributed by atoms with Crippen LogP contribution in [0.25, 0.3) is 11.1 Å². The molecule has 0 fully saturated rings. The molecule has 1 aromatic carbocycles. The summed E-state index contributed by atoms with van der Waals surface area (Å²) in [6, 6.07) is 9.36. The van der Waals surface area contributed by atoms with E-state index in [1.165, 1.54) is 0 Å². The van der Waals surface area contributed by atoms with Crippen molar-refractivity contribution >= 4 is 11.3 Å². The Hall–Kier alpha value is -0.280. The van der Waals surface area contributed by atoms with Crippen LogP contribution in [0.4, 0.5) is 0 Å². The molecule has 0 unspecified atom stereocenters. The molecule has 0 aliphatic rings. The van der Waals surface area contributed by atoms with Crippen molar-refractivity contribution in [2.24, 2.45) is 0 Å². The van der Waals surface area contributed by atoms with Gasteiger partial charge in [-0.15, -0.1) is 0 Å². The minimum Gasteiger partial charge on any atom is -1.00 e. The number of aromatic hydroxyl groups is 1. The van der Waals surface area contributed by atoms with Crippen molar-refractivity contribution in [3.63, 3.8) is 0 Å². The molecule has 0 amide bonds. The van der Waals surface area contributed by atoms with Crippen LogP contribution in [0.5, 0.6) is 5.75 Å². The van der Waals surface area contributed by atoms with Gasteiger partial charge in [0.2, 0.25) is 0 Å². The van der Waals surface area contributed by atoms with E-state index < -0.39 is 0 Å². The van der Waals surface area contributed by atoms with Crippen molar-refractivity contribution in [1.29, 1.82) is 0 Å². The number of para-hydroxylation sites is 1. The number of phenols is 1. The Morgan fingerprint density at radius 3 is 2.54 bits per heavy atom. The second-order valence-electron chi connectivity index (χ2n) is 2.53. The largest absolute Gasteiger partial charge is 1.00 e. The zero-order valence-electron chi connectivity index (χ0n) is 8.40. The van der Waals surface area contributed by atoms with Crippen LogP contribution in [0.1, 0.15) is 1.43 Å². The van der Waals surface area contributed by atoms with E-state index >= 15 is 0 Å². The second kappa shape index (κ2) is 4.82. The fourth-order valence-electron chi connectivity index (χ4n) is 1.14. The maximum Gasteiger partial charge on any atom is 1.00 e. The zero-order valence-corrected chi connectivity index (χ0v) is 10.2. The molecule has 0 aliphatic carbocycles. The number of benzene rings is 1. The molecule has 1 N–H and O–H groups in total. The van der Waals surface area contributed by atoms with Gasteiger partial charge in [0.25, 0.3) is 0 Å². The molecule has 2 rings (SSSR count). The fraction of sp³-hybridized carbons (Fsp3) is 0. The van der Waals surface area contributed by atoms with Crippen molar-refractivity contribution in [2.75, 3.05) is 0 Å². The van der Waals surface area contributed by atoms with Gasteiger partial charge in [-0.05, 0) is 28.5 Å². The first kappa shape index (κ1) is 10.8. The van der Waals surface area contributed by atoms with Crippen molar-refractivity contribution < 1.29 is 36.1 Å². The molecule has 13 heavy (non-hydrogen) atoms. The van der Waals surface area contributed by atoms with Gasteiger partial charge in [0.05, 0.1) is 0 Å². The summed E-state index contributed by atoms with van der Waals surface area (Å²) < 4.78 is 0. The number of thiophene rings is 1. The smallest absolute Gasteiger partial charge is 1.00 e. The molecule has 0 radical (unpaired) electrons. The van der Waals surface area contributed by atoms with E-state index in [9.17, 15) is 5.11 Å². The van der Waals surface area contributed by atoms with Crippen LogP contribution in [-0.2, 0) is 0 Å². The van der Waals surface area contributed by atoms with E-state index in [1.54, 1.807) is 17.4 Å². The molecule has 0 bridgehead atoms. The van der Waals surface area contributed by atoms with Gasteiger partial charge < -0.3 is 6.53 Å². The van der Waals surface area contributed by atoms with Crippen LogP contribution in [0, 0.1) is 0 Å². The molecule has 62 valence electrons. The van der Waals surface area contributed by atoms with Gasteiger partial charge in [-0.2, -0.15) is 11.3 Å². The molecule has 1 heterocycles. The van der Waals surface area contributed by atoms with Gasteiger partial charge in [-0.25, -0.2) is 0 Å². The van der Waals surface area contributed by atoms with Crippen LogP contribution >= 0.6 is 11.3 Å². The molecular weight excluding hydrogens is 191 g/mol. The standard InChI is InChI=1S/C10H8OS.Na.H/c11-10-4-2-1-3-9(10)8-5-6-12-7-8;;/h1-7,11H;;/q;+1;-1. The second-order valence-corrected chi connectivity index (χ2v) is 3.31. The molecule has 0 saturated carbocycles. The normalized spacial score (nSPS) is 9.23. The van der Waals surface area contributed by atoms with E-state index in [-0.39, 0.29) is 31.0 Å². The molecule has 1 aromatic heterocycles. The van der Waals surface area contributed by atoms with E-state index in [2.05, 4.69) is 0 Å². The van der Waals surface area contributed by atoms with E-state index in [1.807, 2.05) is 35.0 Å². The molecule has 3 heteroatoms. The summed E-state index contributed by atoms with van der Waals surface area (Å²) in [4.78, 5) is 0. The third kappa shape index (κ3) is 2.35. The first-order chi connectivity index (χ1) is 5.88. The molecule has 0 spiro atoms. The van der Waals surface area contributed by atoms with Crippen LogP contribution < -0.4 is 29.6 Å². The van der Waals surface area contributed by atoms with Gasteiger partial charge in [0.15, 0.2) is 0 Å². The number of rotatable bonds is 1. The van der Waals surface area contributed by atoms with Crippen LogP contribution in [0.15, 0.2) is 41.1 Å². The summed E-state index contributed by atoms with van der Waals surface area (Å²) in [6.07, 6.45) is 0. The molecule has 0 saturated heterocycles. The minimum absolute atomic E-state index is 0. The van der Waals surface area contributed by atoms with Crippen molar-refractivity contribution in [2.45, 2.75) is 0 Å². The Kier molecular flexibility index (Phi) is 4.00. The van der Waals surface area contributed by atoms with E-state index in [4.69, 9.17) is 0 Å². The average molecular weight is 200 g/mol. The van der Waals surface area contributed by atoms with E-state index in [0.717, 1.165) is 11.1 Å². The van der Waals surface area contributed by atoms with Gasteiger partial charge in [-0.1, -0.05) is 18.2 Å². The first-order valence-electron chi connectivity index (χ1n) is 3.68. The number of hydrogen-bond acceptors (Lipinski definition) is 2. The molecular formula is C10H9NaOS. The fourth-order valence-corrected chi connectivity index (χ4v) is 1.79.